The molecule has 36 heavy (non-hydrogen) atoms. The molecule has 1 aliphatic heterocycles. The van der Waals surface area contributed by atoms with Gasteiger partial charge < -0.3 is 57.4 Å². The Labute approximate surface area is 212 Å². The average Bonchev–Trinajstić information content (AvgIpc) is 3.30. The van der Waals surface area contributed by atoms with Crippen molar-refractivity contribution in [1.82, 2.24) is 5.32 Å². The van der Waals surface area contributed by atoms with Gasteiger partial charge in [0.25, 0.3) is 0 Å². The Hall–Kier alpha value is -1.78. The topological polar surface area (TPSA) is 148 Å². The molecule has 0 aromatic carbocycles. The van der Waals surface area contributed by atoms with E-state index in [1.54, 1.807) is 7.11 Å². The van der Waals surface area contributed by atoms with Crippen LogP contribution < -0.4 is 5.32 Å². The number of amides is 1. The van der Waals surface area contributed by atoms with Gasteiger partial charge in [0.15, 0.2) is 6.10 Å². The molecule has 0 saturated carbocycles. The summed E-state index contributed by atoms with van der Waals surface area (Å²) in [5, 5.41) is 2.45. The summed E-state index contributed by atoms with van der Waals surface area (Å²) in [6, 6.07) is 0. The minimum Gasteiger partial charge on any atom is -0.441 e. The highest BCUT2D eigenvalue weighted by molar-refractivity contribution is 5.69. The molecule has 0 unspecified atom stereocenters. The van der Waals surface area contributed by atoms with Gasteiger partial charge in [0, 0.05) is 7.11 Å². The van der Waals surface area contributed by atoms with Crippen molar-refractivity contribution in [2.75, 3.05) is 126 Å². The summed E-state index contributed by atoms with van der Waals surface area (Å²) < 4.78 is 56.9. The van der Waals surface area contributed by atoms with Gasteiger partial charge in [-0.3, -0.25) is 0 Å². The molecule has 1 aliphatic rings. The van der Waals surface area contributed by atoms with Crippen LogP contribution in [0.4, 0.5) is 9.59 Å². The van der Waals surface area contributed by atoms with Crippen molar-refractivity contribution < 1.29 is 61.7 Å². The molecule has 1 N–H and O–H groups in total. The largest absolute Gasteiger partial charge is 0.508 e. The maximum absolute atomic E-state index is 11.4. The van der Waals surface area contributed by atoms with Gasteiger partial charge in [0.05, 0.1) is 106 Å². The van der Waals surface area contributed by atoms with Crippen molar-refractivity contribution in [3.05, 3.63) is 0 Å². The van der Waals surface area contributed by atoms with E-state index in [9.17, 15) is 9.59 Å². The van der Waals surface area contributed by atoms with Crippen LogP contribution in [0.2, 0.25) is 0 Å². The third-order valence-corrected chi connectivity index (χ3v) is 4.25. The summed E-state index contributed by atoms with van der Waals surface area (Å²) in [4.78, 5) is 22.2. The Kier molecular flexibility index (Phi) is 22.3. The second kappa shape index (κ2) is 24.9. The van der Waals surface area contributed by atoms with E-state index in [0.29, 0.717) is 99.0 Å². The lowest BCUT2D eigenvalue weighted by atomic mass is 10.4. The van der Waals surface area contributed by atoms with Crippen LogP contribution in [0, 0.1) is 0 Å². The zero-order valence-electron chi connectivity index (χ0n) is 21.1. The van der Waals surface area contributed by atoms with Gasteiger partial charge in [0.2, 0.25) is 0 Å². The fourth-order valence-corrected chi connectivity index (χ4v) is 2.48. The standard InChI is InChI=1S/C22H41NO13/c1-26-2-3-27-4-5-28-6-7-29-8-9-30-10-11-31-12-13-32-14-15-33-16-17-34-22(25)35-19-20-18-23-21(24)36-20/h20H,2-19H2,1H3,(H,23,24)/t20-/m0/s1. The molecular weight excluding hydrogens is 486 g/mol. The first kappa shape index (κ1) is 32.2. The molecule has 0 aromatic heterocycles. The van der Waals surface area contributed by atoms with E-state index in [4.69, 9.17) is 52.1 Å². The zero-order chi connectivity index (χ0) is 25.9. The number of ether oxygens (including phenoxy) is 11. The van der Waals surface area contributed by atoms with E-state index >= 15 is 0 Å². The molecule has 0 radical (unpaired) electrons. The van der Waals surface area contributed by atoms with Crippen LogP contribution in [0.15, 0.2) is 0 Å². The molecule has 1 heterocycles. The second-order valence-corrected chi connectivity index (χ2v) is 7.10. The molecule has 212 valence electrons. The first-order valence-corrected chi connectivity index (χ1v) is 12.0. The number of rotatable bonds is 26. The lowest BCUT2D eigenvalue weighted by Crippen LogP contribution is -2.23. The first-order chi connectivity index (χ1) is 17.7. The van der Waals surface area contributed by atoms with Crippen LogP contribution in [0.5, 0.6) is 0 Å². The van der Waals surface area contributed by atoms with Crippen LogP contribution >= 0.6 is 0 Å². The van der Waals surface area contributed by atoms with Crippen LogP contribution in [-0.2, 0) is 52.1 Å². The molecule has 1 rings (SSSR count). The van der Waals surface area contributed by atoms with Crippen molar-refractivity contribution >= 4 is 12.2 Å². The summed E-state index contributed by atoms with van der Waals surface area (Å²) >= 11 is 0. The van der Waals surface area contributed by atoms with Gasteiger partial charge in [-0.25, -0.2) is 9.59 Å². The number of nitrogens with one attached hydrogen (secondary N) is 1. The fourth-order valence-electron chi connectivity index (χ4n) is 2.48. The van der Waals surface area contributed by atoms with E-state index in [2.05, 4.69) is 5.32 Å². The van der Waals surface area contributed by atoms with Crippen molar-refractivity contribution in [1.29, 1.82) is 0 Å². The van der Waals surface area contributed by atoms with E-state index in [1.165, 1.54) is 0 Å². The van der Waals surface area contributed by atoms with Gasteiger partial charge in [0.1, 0.15) is 13.2 Å². The van der Waals surface area contributed by atoms with E-state index in [0.717, 1.165) is 0 Å². The molecule has 14 nitrogen and oxygen atoms in total. The summed E-state index contributed by atoms with van der Waals surface area (Å²) in [5.41, 5.74) is 0. The molecule has 14 heteroatoms. The van der Waals surface area contributed by atoms with E-state index in [-0.39, 0.29) is 19.8 Å². The number of carbonyl (C=O) groups excluding carboxylic acids is 2. The van der Waals surface area contributed by atoms with Gasteiger partial charge in [-0.2, -0.15) is 0 Å². The minimum atomic E-state index is -0.840. The van der Waals surface area contributed by atoms with Gasteiger partial charge in [-0.15, -0.1) is 0 Å². The Morgan fingerprint density at radius 2 is 1.06 bits per heavy atom. The highest BCUT2D eigenvalue weighted by Gasteiger charge is 2.24. The van der Waals surface area contributed by atoms with Crippen molar-refractivity contribution in [3.8, 4) is 0 Å². The zero-order valence-corrected chi connectivity index (χ0v) is 21.1. The highest BCUT2D eigenvalue weighted by Crippen LogP contribution is 2.01. The fraction of sp³-hybridized carbons (Fsp3) is 0.909. The second-order valence-electron chi connectivity index (χ2n) is 7.10. The third kappa shape index (κ3) is 21.5. The number of hydrogen-bond acceptors (Lipinski definition) is 13. The van der Waals surface area contributed by atoms with Crippen molar-refractivity contribution in [2.24, 2.45) is 0 Å². The van der Waals surface area contributed by atoms with E-state index < -0.39 is 18.4 Å². The smallest absolute Gasteiger partial charge is 0.441 e. The summed E-state index contributed by atoms with van der Waals surface area (Å²) in [6.07, 6.45) is -1.86. The Morgan fingerprint density at radius 3 is 1.42 bits per heavy atom. The monoisotopic (exact) mass is 527 g/mol. The number of hydrogen-bond donors (Lipinski definition) is 1. The maximum Gasteiger partial charge on any atom is 0.508 e. The summed E-state index contributed by atoms with van der Waals surface area (Å²) in [5.74, 6) is 0. The maximum atomic E-state index is 11.4. The molecule has 1 fully saturated rings. The number of alkyl carbamates (subject to hydrolysis) is 1. The normalized spacial score (nSPS) is 15.0. The van der Waals surface area contributed by atoms with Gasteiger partial charge >= 0.3 is 12.2 Å². The third-order valence-electron chi connectivity index (χ3n) is 4.25. The molecule has 1 saturated heterocycles. The van der Waals surface area contributed by atoms with E-state index in [1.807, 2.05) is 0 Å². The quantitative estimate of drug-likeness (QED) is 0.119. The summed E-state index contributed by atoms with van der Waals surface area (Å²) in [7, 11) is 1.63. The minimum absolute atomic E-state index is 0.0502. The molecule has 0 aliphatic carbocycles. The Bertz CT molecular complexity index is 526. The molecule has 1 amide bonds. The number of methoxy groups -OCH3 is 1. The lowest BCUT2D eigenvalue weighted by Gasteiger charge is -2.10. The van der Waals surface area contributed by atoms with Gasteiger partial charge in [-0.1, -0.05) is 0 Å². The highest BCUT2D eigenvalue weighted by atomic mass is 16.7. The lowest BCUT2D eigenvalue weighted by molar-refractivity contribution is -0.0248. The van der Waals surface area contributed by atoms with Crippen molar-refractivity contribution in [2.45, 2.75) is 6.10 Å². The van der Waals surface area contributed by atoms with Crippen LogP contribution in [0.25, 0.3) is 0 Å². The SMILES string of the molecule is COCCOCCOCCOCCOCCOCCOCCOCCOC(=O)OC[C@@H]1CNC(=O)O1. The van der Waals surface area contributed by atoms with Crippen LogP contribution in [-0.4, -0.2) is 144 Å². The first-order valence-electron chi connectivity index (χ1n) is 12.0. The summed E-state index contributed by atoms with van der Waals surface area (Å²) in [6.45, 7) is 7.36. The molecule has 0 aromatic rings. The molecular formula is C22H41NO13. The molecule has 1 atom stereocenters. The Balaban J connectivity index is 1.66. The van der Waals surface area contributed by atoms with Crippen LogP contribution in [0.3, 0.4) is 0 Å². The molecule has 0 bridgehead atoms. The number of cyclic esters (lactones) is 1. The predicted molar refractivity (Wildman–Crippen MR) is 123 cm³/mol. The number of carbonyl (C=O) groups is 2. The van der Waals surface area contributed by atoms with Crippen LogP contribution in [0.1, 0.15) is 0 Å². The Morgan fingerprint density at radius 1 is 0.667 bits per heavy atom. The van der Waals surface area contributed by atoms with Crippen molar-refractivity contribution in [3.63, 3.8) is 0 Å². The average molecular weight is 528 g/mol. The van der Waals surface area contributed by atoms with Gasteiger partial charge in [-0.05, 0) is 0 Å². The molecule has 0 spiro atoms. The predicted octanol–water partition coefficient (Wildman–Crippen LogP) is 0.0106.